The molecule has 0 unspecified atom stereocenters. The summed E-state index contributed by atoms with van der Waals surface area (Å²) >= 11 is 0. The van der Waals surface area contributed by atoms with Gasteiger partial charge in [-0.05, 0) is 19.1 Å². The molecule has 0 spiro atoms. The summed E-state index contributed by atoms with van der Waals surface area (Å²) in [6, 6.07) is 6.33. The first-order valence-electron chi connectivity index (χ1n) is 8.45. The lowest BCUT2D eigenvalue weighted by molar-refractivity contribution is -0.112. The average molecular weight is 404 g/mol. The molecule has 0 atom stereocenters. The zero-order chi connectivity index (χ0) is 21.0. The van der Waals surface area contributed by atoms with Crippen molar-refractivity contribution in [3.05, 3.63) is 54.5 Å². The molecule has 0 fully saturated rings. The number of hydrogen-bond acceptors (Lipinski definition) is 5. The number of nitrogens with zero attached hydrogens (tertiary/aromatic N) is 2. The SMILES string of the molecule is CCOC(=O)c1c[nH]c2ncnc(-c3cccc(NC(=O)/C=C/C(F)(F)F)c3)c12. The monoisotopic (exact) mass is 404 g/mol. The number of allylic oxidation sites excluding steroid dienone is 1. The summed E-state index contributed by atoms with van der Waals surface area (Å²) in [4.78, 5) is 35.1. The molecule has 3 aromatic rings. The lowest BCUT2D eigenvalue weighted by Gasteiger charge is -2.08. The summed E-state index contributed by atoms with van der Waals surface area (Å²) in [6.45, 7) is 1.88. The van der Waals surface area contributed by atoms with Crippen molar-refractivity contribution in [2.45, 2.75) is 13.1 Å². The lowest BCUT2D eigenvalue weighted by Crippen LogP contribution is -2.10. The number of carbonyl (C=O) groups excluding carboxylic acids is 2. The fraction of sp³-hybridized carbons (Fsp3) is 0.158. The Bertz CT molecular complexity index is 1090. The molecule has 2 N–H and O–H groups in total. The standard InChI is InChI=1S/C19H15F3N4O3/c1-2-29-18(28)13-9-23-17-15(13)16(24-10-25-17)11-4-3-5-12(8-11)26-14(27)6-7-19(20,21)22/h3-10H,2H2,1H3,(H,26,27)(H,23,24,25)/b7-6+. The summed E-state index contributed by atoms with van der Waals surface area (Å²) < 4.78 is 41.6. The Morgan fingerprint density at radius 2 is 2.07 bits per heavy atom. The Balaban J connectivity index is 1.96. The van der Waals surface area contributed by atoms with E-state index in [9.17, 15) is 22.8 Å². The minimum absolute atomic E-state index is 0.147. The van der Waals surface area contributed by atoms with Crippen LogP contribution in [0.1, 0.15) is 17.3 Å². The maximum atomic E-state index is 12.2. The fourth-order valence-electron chi connectivity index (χ4n) is 2.65. The lowest BCUT2D eigenvalue weighted by atomic mass is 10.1. The molecule has 0 saturated carbocycles. The Kier molecular flexibility index (Phi) is 5.62. The molecule has 7 nitrogen and oxygen atoms in total. The molecule has 0 aliphatic carbocycles. The molecule has 0 aliphatic rings. The summed E-state index contributed by atoms with van der Waals surface area (Å²) in [5.74, 6) is -1.47. The number of halogens is 3. The van der Waals surface area contributed by atoms with Crippen LogP contribution in [0, 0.1) is 0 Å². The van der Waals surface area contributed by atoms with Gasteiger partial charge in [-0.3, -0.25) is 4.79 Å². The first kappa shape index (κ1) is 20.1. The topological polar surface area (TPSA) is 97.0 Å². The van der Waals surface area contributed by atoms with E-state index < -0.39 is 18.1 Å². The van der Waals surface area contributed by atoms with Gasteiger partial charge in [-0.1, -0.05) is 12.1 Å². The number of esters is 1. The second kappa shape index (κ2) is 8.13. The second-order valence-electron chi connectivity index (χ2n) is 5.81. The number of carbonyl (C=O) groups is 2. The van der Waals surface area contributed by atoms with Gasteiger partial charge >= 0.3 is 12.1 Å². The van der Waals surface area contributed by atoms with Crippen LogP contribution in [0.4, 0.5) is 18.9 Å². The van der Waals surface area contributed by atoms with Crippen molar-refractivity contribution in [1.82, 2.24) is 15.0 Å². The maximum absolute atomic E-state index is 12.2. The minimum Gasteiger partial charge on any atom is -0.462 e. The number of alkyl halides is 3. The molecule has 0 bridgehead atoms. The molecule has 2 heterocycles. The number of hydrogen-bond donors (Lipinski definition) is 2. The minimum atomic E-state index is -4.58. The normalized spacial score (nSPS) is 11.7. The Morgan fingerprint density at radius 1 is 1.28 bits per heavy atom. The van der Waals surface area contributed by atoms with Crippen molar-refractivity contribution in [2.75, 3.05) is 11.9 Å². The second-order valence-corrected chi connectivity index (χ2v) is 5.81. The largest absolute Gasteiger partial charge is 0.462 e. The predicted molar refractivity (Wildman–Crippen MR) is 99.1 cm³/mol. The zero-order valence-electron chi connectivity index (χ0n) is 15.1. The van der Waals surface area contributed by atoms with Crippen molar-refractivity contribution < 1.29 is 27.5 Å². The first-order valence-corrected chi connectivity index (χ1v) is 8.45. The Morgan fingerprint density at radius 3 is 2.79 bits per heavy atom. The summed E-state index contributed by atoms with van der Waals surface area (Å²) in [7, 11) is 0. The van der Waals surface area contributed by atoms with Crippen LogP contribution < -0.4 is 5.32 Å². The molecule has 0 radical (unpaired) electrons. The highest BCUT2D eigenvalue weighted by molar-refractivity contribution is 6.08. The van der Waals surface area contributed by atoms with Crippen LogP contribution >= 0.6 is 0 Å². The van der Waals surface area contributed by atoms with Gasteiger partial charge in [-0.25, -0.2) is 14.8 Å². The number of H-pyrrole nitrogens is 1. The number of aromatic nitrogens is 3. The van der Waals surface area contributed by atoms with E-state index in [-0.39, 0.29) is 23.9 Å². The molecule has 0 saturated heterocycles. The Hall–Kier alpha value is -3.69. The summed E-state index contributed by atoms with van der Waals surface area (Å²) in [6.07, 6.45) is -1.55. The molecular weight excluding hydrogens is 389 g/mol. The first-order chi connectivity index (χ1) is 13.8. The van der Waals surface area contributed by atoms with E-state index in [1.54, 1.807) is 19.1 Å². The number of rotatable bonds is 5. The molecule has 1 amide bonds. The maximum Gasteiger partial charge on any atom is 0.409 e. The highest BCUT2D eigenvalue weighted by Crippen LogP contribution is 2.30. The van der Waals surface area contributed by atoms with Crippen LogP contribution in [0.15, 0.2) is 48.9 Å². The molecule has 0 aliphatic heterocycles. The van der Waals surface area contributed by atoms with Gasteiger partial charge in [-0.15, -0.1) is 0 Å². The third-order valence-corrected chi connectivity index (χ3v) is 3.79. The number of aromatic amines is 1. The van der Waals surface area contributed by atoms with Gasteiger partial charge in [0.05, 0.1) is 23.3 Å². The molecule has 10 heteroatoms. The van der Waals surface area contributed by atoms with Crippen molar-refractivity contribution in [3.63, 3.8) is 0 Å². The number of anilines is 1. The predicted octanol–water partition coefficient (Wildman–Crippen LogP) is 3.86. The molecule has 3 rings (SSSR count). The van der Waals surface area contributed by atoms with Crippen LogP contribution in [0.2, 0.25) is 0 Å². The third-order valence-electron chi connectivity index (χ3n) is 3.79. The van der Waals surface area contributed by atoms with Crippen molar-refractivity contribution in [1.29, 1.82) is 0 Å². The number of nitrogens with one attached hydrogen (secondary N) is 2. The molecule has 29 heavy (non-hydrogen) atoms. The average Bonchev–Trinajstić information content (AvgIpc) is 3.11. The van der Waals surface area contributed by atoms with Gasteiger partial charge in [0, 0.05) is 29.6 Å². The molecule has 1 aromatic carbocycles. The van der Waals surface area contributed by atoms with Crippen LogP contribution in [-0.2, 0) is 9.53 Å². The highest BCUT2D eigenvalue weighted by Gasteiger charge is 2.22. The van der Waals surface area contributed by atoms with E-state index in [4.69, 9.17) is 4.74 Å². The van der Waals surface area contributed by atoms with Gasteiger partial charge < -0.3 is 15.0 Å². The zero-order valence-corrected chi connectivity index (χ0v) is 15.1. The third kappa shape index (κ3) is 4.78. The van der Waals surface area contributed by atoms with E-state index in [1.165, 1.54) is 24.7 Å². The van der Waals surface area contributed by atoms with Crippen molar-refractivity contribution in [3.8, 4) is 11.3 Å². The number of amides is 1. The molecular formula is C19H15F3N4O3. The van der Waals surface area contributed by atoms with Gasteiger partial charge in [0.25, 0.3) is 0 Å². The van der Waals surface area contributed by atoms with E-state index in [0.29, 0.717) is 28.4 Å². The number of benzene rings is 1. The summed E-state index contributed by atoms with van der Waals surface area (Å²) in [5.41, 5.74) is 1.86. The van der Waals surface area contributed by atoms with Crippen LogP contribution in [0.5, 0.6) is 0 Å². The van der Waals surface area contributed by atoms with Gasteiger partial charge in [0.15, 0.2) is 0 Å². The molecule has 150 valence electrons. The van der Waals surface area contributed by atoms with Crippen LogP contribution in [0.3, 0.4) is 0 Å². The Labute approximate surface area is 162 Å². The van der Waals surface area contributed by atoms with Gasteiger partial charge in [-0.2, -0.15) is 13.2 Å². The number of ether oxygens (including phenoxy) is 1. The summed E-state index contributed by atoms with van der Waals surface area (Å²) in [5, 5.41) is 2.79. The van der Waals surface area contributed by atoms with Gasteiger partial charge in [0.1, 0.15) is 12.0 Å². The van der Waals surface area contributed by atoms with Gasteiger partial charge in [0.2, 0.25) is 5.91 Å². The van der Waals surface area contributed by atoms with Crippen molar-refractivity contribution >= 4 is 28.6 Å². The van der Waals surface area contributed by atoms with E-state index in [1.807, 2.05) is 0 Å². The van der Waals surface area contributed by atoms with Crippen molar-refractivity contribution in [2.24, 2.45) is 0 Å². The quantitative estimate of drug-likeness (QED) is 0.497. The highest BCUT2D eigenvalue weighted by atomic mass is 19.4. The van der Waals surface area contributed by atoms with E-state index >= 15 is 0 Å². The fourth-order valence-corrected chi connectivity index (χ4v) is 2.65. The van der Waals surface area contributed by atoms with Crippen LogP contribution in [0.25, 0.3) is 22.3 Å². The van der Waals surface area contributed by atoms with Crippen LogP contribution in [-0.4, -0.2) is 39.6 Å². The smallest absolute Gasteiger partial charge is 0.409 e. The molecule has 2 aromatic heterocycles. The van der Waals surface area contributed by atoms with E-state index in [2.05, 4.69) is 20.3 Å². The van der Waals surface area contributed by atoms with E-state index in [0.717, 1.165) is 0 Å². The number of fused-ring (bicyclic) bond motifs is 1.